The molecule has 1 aliphatic rings. The van der Waals surface area contributed by atoms with Gasteiger partial charge in [0.05, 0.1) is 32.2 Å². The maximum atomic E-state index is 11.7. The van der Waals surface area contributed by atoms with Crippen molar-refractivity contribution in [3.8, 4) is 6.07 Å². The van der Waals surface area contributed by atoms with Crippen LogP contribution in [-0.4, -0.2) is 49.8 Å². The summed E-state index contributed by atoms with van der Waals surface area (Å²) in [5.41, 5.74) is 0. The highest BCUT2D eigenvalue weighted by atomic mass is 16.5. The molecular formula is C11H18N2O3. The van der Waals surface area contributed by atoms with Crippen molar-refractivity contribution in [2.45, 2.75) is 25.9 Å². The van der Waals surface area contributed by atoms with Gasteiger partial charge in [0.25, 0.3) is 0 Å². The highest BCUT2D eigenvalue weighted by Crippen LogP contribution is 2.06. The van der Waals surface area contributed by atoms with Crippen LogP contribution in [0.5, 0.6) is 0 Å². The minimum absolute atomic E-state index is 0.0413. The van der Waals surface area contributed by atoms with Gasteiger partial charge in [-0.15, -0.1) is 0 Å². The molecule has 1 unspecified atom stereocenters. The smallest absolute Gasteiger partial charge is 0.225 e. The average Bonchev–Trinajstić information content (AvgIpc) is 2.34. The van der Waals surface area contributed by atoms with Crippen LogP contribution in [0.25, 0.3) is 0 Å². The predicted octanol–water partition coefficient (Wildman–Crippen LogP) is 0.554. The summed E-state index contributed by atoms with van der Waals surface area (Å²) < 4.78 is 10.4. The number of morpholine rings is 1. The molecule has 0 bridgehead atoms. The van der Waals surface area contributed by atoms with E-state index in [9.17, 15) is 4.79 Å². The Kier molecular flexibility index (Phi) is 5.83. The van der Waals surface area contributed by atoms with E-state index in [1.807, 2.05) is 13.0 Å². The van der Waals surface area contributed by atoms with E-state index in [1.54, 1.807) is 4.90 Å². The summed E-state index contributed by atoms with van der Waals surface area (Å²) in [6.07, 6.45) is 0.870. The molecule has 1 rings (SSSR count). The summed E-state index contributed by atoms with van der Waals surface area (Å²) in [6, 6.07) is 2.02. The molecule has 16 heavy (non-hydrogen) atoms. The first-order chi connectivity index (χ1) is 7.77. The molecule has 0 aromatic heterocycles. The zero-order chi connectivity index (χ0) is 11.8. The second-order valence-corrected chi connectivity index (χ2v) is 3.69. The Labute approximate surface area is 95.9 Å². The van der Waals surface area contributed by atoms with Crippen molar-refractivity contribution in [2.75, 3.05) is 32.9 Å². The van der Waals surface area contributed by atoms with Gasteiger partial charge < -0.3 is 14.4 Å². The lowest BCUT2D eigenvalue weighted by atomic mass is 10.2. The van der Waals surface area contributed by atoms with Gasteiger partial charge in [0.1, 0.15) is 0 Å². The molecule has 0 aliphatic carbocycles. The van der Waals surface area contributed by atoms with Gasteiger partial charge in [0.2, 0.25) is 5.91 Å². The first-order valence-electron chi connectivity index (χ1n) is 5.64. The number of carbonyl (C=O) groups excluding carboxylic acids is 1. The largest absolute Gasteiger partial charge is 0.381 e. The van der Waals surface area contributed by atoms with E-state index in [0.717, 1.165) is 6.42 Å². The van der Waals surface area contributed by atoms with Crippen LogP contribution in [0.2, 0.25) is 0 Å². The van der Waals surface area contributed by atoms with E-state index in [4.69, 9.17) is 14.7 Å². The molecule has 90 valence electrons. The van der Waals surface area contributed by atoms with Crippen LogP contribution in [0.15, 0.2) is 0 Å². The summed E-state index contributed by atoms with van der Waals surface area (Å²) in [5, 5.41) is 8.70. The van der Waals surface area contributed by atoms with Crippen molar-refractivity contribution >= 4 is 5.91 Å². The third-order valence-electron chi connectivity index (χ3n) is 2.37. The maximum absolute atomic E-state index is 11.7. The van der Waals surface area contributed by atoms with E-state index in [1.165, 1.54) is 0 Å². The van der Waals surface area contributed by atoms with Gasteiger partial charge in [-0.3, -0.25) is 4.79 Å². The number of hydrogen-bond acceptors (Lipinski definition) is 4. The Hall–Kier alpha value is -1.12. The molecule has 1 fully saturated rings. The van der Waals surface area contributed by atoms with Gasteiger partial charge in [-0.05, 0) is 6.42 Å². The number of nitriles is 1. The standard InChI is InChI=1S/C11H18N2O3/c1-2-5-15-6-3-11(14)13-4-7-16-10(8-12)9-13/h10H,2-7,9H2,1H3. The Morgan fingerprint density at radius 1 is 1.62 bits per heavy atom. The van der Waals surface area contributed by atoms with Gasteiger partial charge in [-0.1, -0.05) is 6.92 Å². The van der Waals surface area contributed by atoms with Crippen molar-refractivity contribution in [1.29, 1.82) is 5.26 Å². The van der Waals surface area contributed by atoms with Gasteiger partial charge >= 0.3 is 0 Å². The number of carbonyl (C=O) groups is 1. The molecule has 0 saturated carbocycles. The van der Waals surface area contributed by atoms with Crippen LogP contribution in [0.4, 0.5) is 0 Å². The third kappa shape index (κ3) is 4.17. The number of ether oxygens (including phenoxy) is 2. The molecule has 1 heterocycles. The van der Waals surface area contributed by atoms with Crippen LogP contribution in [0, 0.1) is 11.3 Å². The zero-order valence-electron chi connectivity index (χ0n) is 9.65. The quantitative estimate of drug-likeness (QED) is 0.642. The number of nitrogens with zero attached hydrogens (tertiary/aromatic N) is 2. The molecule has 1 amide bonds. The normalized spacial score (nSPS) is 20.5. The van der Waals surface area contributed by atoms with Crippen molar-refractivity contribution in [2.24, 2.45) is 0 Å². The molecule has 1 saturated heterocycles. The lowest BCUT2D eigenvalue weighted by molar-refractivity contribution is -0.138. The summed E-state index contributed by atoms with van der Waals surface area (Å²) in [5.74, 6) is 0.0413. The highest BCUT2D eigenvalue weighted by Gasteiger charge is 2.23. The van der Waals surface area contributed by atoms with Crippen LogP contribution in [0.3, 0.4) is 0 Å². The van der Waals surface area contributed by atoms with Gasteiger partial charge in [-0.2, -0.15) is 5.26 Å². The lowest BCUT2D eigenvalue weighted by Gasteiger charge is -2.29. The van der Waals surface area contributed by atoms with E-state index in [0.29, 0.717) is 39.3 Å². The Morgan fingerprint density at radius 3 is 3.12 bits per heavy atom. The number of amides is 1. The molecule has 5 nitrogen and oxygen atoms in total. The fourth-order valence-electron chi connectivity index (χ4n) is 1.52. The monoisotopic (exact) mass is 226 g/mol. The first-order valence-corrected chi connectivity index (χ1v) is 5.64. The van der Waals surface area contributed by atoms with Gasteiger partial charge in [-0.25, -0.2) is 0 Å². The second-order valence-electron chi connectivity index (χ2n) is 3.69. The number of rotatable bonds is 5. The number of hydrogen-bond donors (Lipinski definition) is 0. The molecule has 0 aromatic rings. The summed E-state index contributed by atoms with van der Waals surface area (Å²) >= 11 is 0. The second kappa shape index (κ2) is 7.20. The van der Waals surface area contributed by atoms with Crippen molar-refractivity contribution in [1.82, 2.24) is 4.90 Å². The summed E-state index contributed by atoms with van der Waals surface area (Å²) in [7, 11) is 0. The third-order valence-corrected chi connectivity index (χ3v) is 2.37. The van der Waals surface area contributed by atoms with E-state index >= 15 is 0 Å². The maximum Gasteiger partial charge on any atom is 0.225 e. The fraction of sp³-hybridized carbons (Fsp3) is 0.818. The predicted molar refractivity (Wildman–Crippen MR) is 57.7 cm³/mol. The Bertz CT molecular complexity index is 262. The highest BCUT2D eigenvalue weighted by molar-refractivity contribution is 5.76. The van der Waals surface area contributed by atoms with Crippen LogP contribution >= 0.6 is 0 Å². The molecule has 1 atom stereocenters. The van der Waals surface area contributed by atoms with Crippen molar-refractivity contribution in [3.63, 3.8) is 0 Å². The van der Waals surface area contributed by atoms with E-state index in [2.05, 4.69) is 0 Å². The molecular weight excluding hydrogens is 208 g/mol. The fourth-order valence-corrected chi connectivity index (χ4v) is 1.52. The van der Waals surface area contributed by atoms with Gasteiger partial charge in [0.15, 0.2) is 6.10 Å². The van der Waals surface area contributed by atoms with E-state index < -0.39 is 6.10 Å². The SMILES string of the molecule is CCCOCCC(=O)N1CCOC(C#N)C1. The Balaban J connectivity index is 2.23. The topological polar surface area (TPSA) is 62.6 Å². The molecule has 0 spiro atoms. The Morgan fingerprint density at radius 2 is 2.44 bits per heavy atom. The zero-order valence-corrected chi connectivity index (χ0v) is 9.65. The molecule has 5 heteroatoms. The molecule has 1 aliphatic heterocycles. The minimum atomic E-state index is -0.478. The summed E-state index contributed by atoms with van der Waals surface area (Å²) in [6.45, 7) is 4.58. The molecule has 0 radical (unpaired) electrons. The summed E-state index contributed by atoms with van der Waals surface area (Å²) in [4.78, 5) is 13.4. The minimum Gasteiger partial charge on any atom is -0.381 e. The molecule has 0 N–H and O–H groups in total. The van der Waals surface area contributed by atoms with E-state index in [-0.39, 0.29) is 5.91 Å². The van der Waals surface area contributed by atoms with Gasteiger partial charge in [0, 0.05) is 13.2 Å². The lowest BCUT2D eigenvalue weighted by Crippen LogP contribution is -2.45. The molecule has 0 aromatic carbocycles. The van der Waals surface area contributed by atoms with Crippen LogP contribution in [-0.2, 0) is 14.3 Å². The average molecular weight is 226 g/mol. The first kappa shape index (κ1) is 12.9. The van der Waals surface area contributed by atoms with Crippen LogP contribution < -0.4 is 0 Å². The van der Waals surface area contributed by atoms with Crippen LogP contribution in [0.1, 0.15) is 19.8 Å². The van der Waals surface area contributed by atoms with Crippen molar-refractivity contribution in [3.05, 3.63) is 0 Å². The van der Waals surface area contributed by atoms with Crippen molar-refractivity contribution < 1.29 is 14.3 Å².